The third-order valence-electron chi connectivity index (χ3n) is 6.51. The maximum Gasteiger partial charge on any atom is 0.151 e. The lowest BCUT2D eigenvalue weighted by Gasteiger charge is -2.17. The molecular weight excluding hydrogens is 422 g/mol. The van der Waals surface area contributed by atoms with Gasteiger partial charge in [0.1, 0.15) is 16.9 Å². The van der Waals surface area contributed by atoms with Crippen molar-refractivity contribution in [1.29, 1.82) is 0 Å². The summed E-state index contributed by atoms with van der Waals surface area (Å²) in [7, 11) is 1.78. The minimum Gasteiger partial charge on any atom is -0.382 e. The van der Waals surface area contributed by atoms with Crippen LogP contribution >= 0.6 is 0 Å². The second-order valence-corrected chi connectivity index (χ2v) is 9.28. The van der Waals surface area contributed by atoms with Crippen molar-refractivity contribution in [1.82, 2.24) is 19.9 Å². The van der Waals surface area contributed by atoms with Gasteiger partial charge in [-0.1, -0.05) is 19.9 Å². The van der Waals surface area contributed by atoms with Gasteiger partial charge in [0.25, 0.3) is 0 Å². The summed E-state index contributed by atoms with van der Waals surface area (Å²) < 4.78 is 0. The fourth-order valence-electron chi connectivity index (χ4n) is 4.72. The number of nitrogens with zero attached hydrogens (tertiary/aromatic N) is 5. The molecule has 1 aliphatic rings. The predicted molar refractivity (Wildman–Crippen MR) is 141 cm³/mol. The first-order valence-electron chi connectivity index (χ1n) is 12.2. The minimum absolute atomic E-state index is 0.405. The fraction of sp³-hybridized carbons (Fsp3) is 0.444. The Labute approximate surface area is 202 Å². The van der Waals surface area contributed by atoms with E-state index in [1.54, 1.807) is 13.2 Å². The van der Waals surface area contributed by atoms with E-state index in [1.807, 2.05) is 19.3 Å². The first kappa shape index (κ1) is 23.8. The Hall–Kier alpha value is -3.35. The van der Waals surface area contributed by atoms with Crippen LogP contribution in [-0.4, -0.2) is 39.2 Å². The monoisotopic (exact) mass is 457 g/mol. The Kier molecular flexibility index (Phi) is 7.50. The summed E-state index contributed by atoms with van der Waals surface area (Å²) in [6, 6.07) is 4.63. The molecule has 0 radical (unpaired) electrons. The van der Waals surface area contributed by atoms with Crippen molar-refractivity contribution in [3.63, 3.8) is 0 Å². The molecule has 0 bridgehead atoms. The zero-order valence-corrected chi connectivity index (χ0v) is 20.7. The third-order valence-corrected chi connectivity index (χ3v) is 6.51. The van der Waals surface area contributed by atoms with Gasteiger partial charge in [0.15, 0.2) is 5.82 Å². The average molecular weight is 458 g/mol. The molecule has 7 heteroatoms. The van der Waals surface area contributed by atoms with Gasteiger partial charge in [-0.15, -0.1) is 0 Å². The van der Waals surface area contributed by atoms with Gasteiger partial charge in [0.05, 0.1) is 5.69 Å². The summed E-state index contributed by atoms with van der Waals surface area (Å²) in [4.78, 5) is 23.0. The number of allylic oxidation sites excluding steroid dienone is 2. The summed E-state index contributed by atoms with van der Waals surface area (Å²) >= 11 is 0. The number of hydrogen-bond acceptors (Lipinski definition) is 7. The molecule has 1 fully saturated rings. The molecule has 178 valence electrons. The van der Waals surface area contributed by atoms with E-state index >= 15 is 0 Å². The molecule has 4 rings (SSSR count). The minimum atomic E-state index is 0.405. The Morgan fingerprint density at radius 2 is 2.09 bits per heavy atom. The van der Waals surface area contributed by atoms with Crippen molar-refractivity contribution in [3.05, 3.63) is 53.1 Å². The van der Waals surface area contributed by atoms with Gasteiger partial charge in [0.2, 0.25) is 0 Å². The SMILES string of the molecule is CCc1nc2c(N)ncc(/C(C=NC)=C/CCc3ccnc(C)c3)c2nc1N[C@@H]1CC[C@H](C)C1. The lowest BCUT2D eigenvalue weighted by atomic mass is 10.0. The van der Waals surface area contributed by atoms with E-state index in [9.17, 15) is 0 Å². The third kappa shape index (κ3) is 5.41. The van der Waals surface area contributed by atoms with Crippen LogP contribution in [0.1, 0.15) is 62.0 Å². The molecular formula is C27H35N7. The summed E-state index contributed by atoms with van der Waals surface area (Å²) in [5.74, 6) is 2.01. The highest BCUT2D eigenvalue weighted by Gasteiger charge is 2.23. The molecule has 3 aromatic heterocycles. The number of nitrogens with one attached hydrogen (secondary N) is 1. The molecule has 0 spiro atoms. The number of pyridine rings is 2. The molecule has 2 atom stereocenters. The number of fused-ring (bicyclic) bond motifs is 1. The topological polar surface area (TPSA) is 102 Å². The van der Waals surface area contributed by atoms with Crippen LogP contribution in [-0.2, 0) is 12.8 Å². The van der Waals surface area contributed by atoms with Crippen molar-refractivity contribution < 1.29 is 0 Å². The van der Waals surface area contributed by atoms with Gasteiger partial charge >= 0.3 is 0 Å². The number of hydrogen-bond donors (Lipinski definition) is 2. The Bertz CT molecular complexity index is 1220. The van der Waals surface area contributed by atoms with Crippen LogP contribution in [0, 0.1) is 12.8 Å². The summed E-state index contributed by atoms with van der Waals surface area (Å²) in [5.41, 5.74) is 12.8. The van der Waals surface area contributed by atoms with E-state index in [-0.39, 0.29) is 0 Å². The van der Waals surface area contributed by atoms with Crippen LogP contribution in [0.15, 0.2) is 35.6 Å². The summed E-state index contributed by atoms with van der Waals surface area (Å²) in [6.45, 7) is 6.43. The van der Waals surface area contributed by atoms with Crippen molar-refractivity contribution in [2.45, 2.75) is 65.3 Å². The Morgan fingerprint density at radius 3 is 2.79 bits per heavy atom. The van der Waals surface area contributed by atoms with Crippen molar-refractivity contribution in [2.24, 2.45) is 10.9 Å². The standard InChI is InChI=1S/C27H35N7/c1-5-23-27(32-21-10-9-17(2)13-21)34-24-22(16-31-26(28)25(24)33-23)20(15-29-4)8-6-7-19-11-12-30-18(3)14-19/h8,11-12,14-17,21H,5-7,9-10,13H2,1-4H3,(H2,28,31)(H,32,34)/b20-8+,29-15?/t17-,21+/m0/s1. The van der Waals surface area contributed by atoms with Crippen LogP contribution in [0.25, 0.3) is 16.6 Å². The molecule has 1 aliphatic carbocycles. The number of aromatic nitrogens is 4. The lowest BCUT2D eigenvalue weighted by Crippen LogP contribution is -2.18. The van der Waals surface area contributed by atoms with Gasteiger partial charge in [0, 0.05) is 43.0 Å². The maximum absolute atomic E-state index is 6.25. The van der Waals surface area contributed by atoms with Gasteiger partial charge in [-0.2, -0.15) is 0 Å². The molecule has 0 unspecified atom stereocenters. The zero-order chi connectivity index (χ0) is 24.1. The second-order valence-electron chi connectivity index (χ2n) is 9.28. The molecule has 0 saturated heterocycles. The van der Waals surface area contributed by atoms with E-state index in [1.165, 1.54) is 12.0 Å². The number of rotatable bonds is 8. The maximum atomic E-state index is 6.25. The lowest BCUT2D eigenvalue weighted by molar-refractivity contribution is 0.602. The first-order chi connectivity index (χ1) is 16.5. The number of nitrogens with two attached hydrogens (primary N) is 1. The van der Waals surface area contributed by atoms with Gasteiger partial charge in [-0.05, 0) is 74.6 Å². The molecule has 0 aromatic carbocycles. The Balaban J connectivity index is 1.71. The molecule has 0 aliphatic heterocycles. The van der Waals surface area contributed by atoms with Gasteiger partial charge in [-0.25, -0.2) is 15.0 Å². The van der Waals surface area contributed by atoms with Crippen LogP contribution < -0.4 is 11.1 Å². The number of nitrogen functional groups attached to an aromatic ring is 1. The van der Waals surface area contributed by atoms with Crippen LogP contribution in [0.2, 0.25) is 0 Å². The molecule has 7 nitrogen and oxygen atoms in total. The molecule has 3 N–H and O–H groups in total. The van der Waals surface area contributed by atoms with Crippen LogP contribution in [0.3, 0.4) is 0 Å². The van der Waals surface area contributed by atoms with E-state index < -0.39 is 0 Å². The van der Waals surface area contributed by atoms with Crippen LogP contribution in [0.4, 0.5) is 11.6 Å². The largest absolute Gasteiger partial charge is 0.382 e. The fourth-order valence-corrected chi connectivity index (χ4v) is 4.72. The first-order valence-corrected chi connectivity index (χ1v) is 12.2. The molecule has 3 aromatic rings. The molecule has 1 saturated carbocycles. The molecule has 34 heavy (non-hydrogen) atoms. The highest BCUT2D eigenvalue weighted by molar-refractivity contribution is 6.14. The highest BCUT2D eigenvalue weighted by atomic mass is 15.1. The normalized spacial score (nSPS) is 18.8. The van der Waals surface area contributed by atoms with E-state index in [0.29, 0.717) is 17.4 Å². The van der Waals surface area contributed by atoms with E-state index in [2.05, 4.69) is 52.3 Å². The van der Waals surface area contributed by atoms with Gasteiger partial charge < -0.3 is 11.1 Å². The average Bonchev–Trinajstić information content (AvgIpc) is 3.23. The quantitative estimate of drug-likeness (QED) is 0.451. The molecule has 0 amide bonds. The number of anilines is 2. The second kappa shape index (κ2) is 10.7. The van der Waals surface area contributed by atoms with Crippen molar-refractivity contribution in [2.75, 3.05) is 18.1 Å². The number of aliphatic imine (C=N–C) groups is 1. The number of aryl methyl sites for hydroxylation is 3. The van der Waals surface area contributed by atoms with Crippen molar-refractivity contribution >= 4 is 34.5 Å². The summed E-state index contributed by atoms with van der Waals surface area (Å²) in [5, 5.41) is 3.68. The van der Waals surface area contributed by atoms with E-state index in [0.717, 1.165) is 71.9 Å². The predicted octanol–water partition coefficient (Wildman–Crippen LogP) is 5.19. The van der Waals surface area contributed by atoms with Gasteiger partial charge in [-0.3, -0.25) is 9.98 Å². The Morgan fingerprint density at radius 1 is 1.24 bits per heavy atom. The summed E-state index contributed by atoms with van der Waals surface area (Å²) in [6.07, 6.45) is 13.9. The van der Waals surface area contributed by atoms with Crippen molar-refractivity contribution in [3.8, 4) is 0 Å². The smallest absolute Gasteiger partial charge is 0.151 e. The zero-order valence-electron chi connectivity index (χ0n) is 20.7. The van der Waals surface area contributed by atoms with Crippen LogP contribution in [0.5, 0.6) is 0 Å². The highest BCUT2D eigenvalue weighted by Crippen LogP contribution is 2.31. The molecule has 3 heterocycles. The van der Waals surface area contributed by atoms with E-state index in [4.69, 9.17) is 15.7 Å².